The van der Waals surface area contributed by atoms with E-state index < -0.39 is 0 Å². The molecule has 5 nitrogen and oxygen atoms in total. The summed E-state index contributed by atoms with van der Waals surface area (Å²) < 4.78 is 4.55. The molecule has 1 aromatic carbocycles. The smallest absolute Gasteiger partial charge is 0.293 e. The molecule has 1 heterocycles. The second kappa shape index (κ2) is 6.85. The van der Waals surface area contributed by atoms with Gasteiger partial charge >= 0.3 is 0 Å². The van der Waals surface area contributed by atoms with Gasteiger partial charge in [0.15, 0.2) is 0 Å². The minimum absolute atomic E-state index is 0.177. The molecule has 21 heavy (non-hydrogen) atoms. The van der Waals surface area contributed by atoms with Crippen LogP contribution in [0.5, 0.6) is 0 Å². The van der Waals surface area contributed by atoms with Gasteiger partial charge < -0.3 is 4.74 Å². The van der Waals surface area contributed by atoms with Crippen molar-refractivity contribution in [3.05, 3.63) is 34.9 Å². The highest BCUT2D eigenvalue weighted by molar-refractivity contribution is 9.09. The first-order valence-electron chi connectivity index (χ1n) is 6.41. The standard InChI is InChI=1S/C10H8BrNO2.C5H10O2/c1-5(11)6-2-3-7-8(4-6)10(14)12-9(7)13;1-5(2,3)7-4-6/h2-5H,1H3,(H,12,13,14);4H,1-3H3. The molecule has 0 aliphatic carbocycles. The van der Waals surface area contributed by atoms with Gasteiger partial charge in [-0.1, -0.05) is 22.0 Å². The second-order valence-corrected chi connectivity index (χ2v) is 6.90. The molecule has 2 amide bonds. The van der Waals surface area contributed by atoms with E-state index in [1.165, 1.54) is 0 Å². The molecule has 1 unspecified atom stereocenters. The number of halogens is 1. The molecule has 0 bridgehead atoms. The van der Waals surface area contributed by atoms with E-state index in [1.807, 2.05) is 33.8 Å². The summed E-state index contributed by atoms with van der Waals surface area (Å²) in [6, 6.07) is 5.27. The van der Waals surface area contributed by atoms with Gasteiger partial charge in [-0.2, -0.15) is 0 Å². The Balaban J connectivity index is 0.000000270. The van der Waals surface area contributed by atoms with Crippen LogP contribution in [0.4, 0.5) is 0 Å². The normalized spacial score (nSPS) is 14.5. The average molecular weight is 356 g/mol. The van der Waals surface area contributed by atoms with Crippen molar-refractivity contribution >= 4 is 34.2 Å². The quantitative estimate of drug-likeness (QED) is 0.502. The fraction of sp³-hybridized carbons (Fsp3) is 0.400. The lowest BCUT2D eigenvalue weighted by molar-refractivity contribution is -0.138. The summed E-state index contributed by atoms with van der Waals surface area (Å²) in [7, 11) is 0. The van der Waals surface area contributed by atoms with E-state index in [0.29, 0.717) is 17.6 Å². The molecular formula is C15H18BrNO4. The molecule has 0 fully saturated rings. The molecule has 0 radical (unpaired) electrons. The molecule has 0 saturated carbocycles. The topological polar surface area (TPSA) is 72.5 Å². The summed E-state index contributed by atoms with van der Waals surface area (Å²) in [5.74, 6) is -0.612. The Labute approximate surface area is 132 Å². The molecular weight excluding hydrogens is 338 g/mol. The van der Waals surface area contributed by atoms with Crippen LogP contribution in [0, 0.1) is 0 Å². The van der Waals surface area contributed by atoms with E-state index in [4.69, 9.17) is 0 Å². The van der Waals surface area contributed by atoms with Crippen LogP contribution < -0.4 is 5.32 Å². The fourth-order valence-corrected chi connectivity index (χ4v) is 1.86. The SMILES string of the molecule is CC(Br)c1ccc2c(c1)C(=O)NC2=O.CC(C)(C)OC=O. The third-order valence-electron chi connectivity index (χ3n) is 2.62. The van der Waals surface area contributed by atoms with E-state index >= 15 is 0 Å². The van der Waals surface area contributed by atoms with Crippen LogP contribution in [-0.2, 0) is 9.53 Å². The van der Waals surface area contributed by atoms with Gasteiger partial charge in [0, 0.05) is 4.83 Å². The molecule has 0 aromatic heterocycles. The van der Waals surface area contributed by atoms with Gasteiger partial charge in [0.2, 0.25) is 0 Å². The summed E-state index contributed by atoms with van der Waals surface area (Å²) in [5, 5.41) is 2.26. The Bertz CT molecular complexity index is 561. The minimum atomic E-state index is -0.318. The lowest BCUT2D eigenvalue weighted by Gasteiger charge is -2.14. The number of carbonyl (C=O) groups is 3. The van der Waals surface area contributed by atoms with Gasteiger partial charge in [0.1, 0.15) is 5.60 Å². The average Bonchev–Trinajstić information content (AvgIpc) is 2.64. The predicted molar refractivity (Wildman–Crippen MR) is 82.5 cm³/mol. The number of hydrogen-bond acceptors (Lipinski definition) is 4. The summed E-state index contributed by atoms with van der Waals surface area (Å²) in [6.07, 6.45) is 0. The molecule has 1 aromatic rings. The maximum atomic E-state index is 11.3. The third kappa shape index (κ3) is 4.97. The van der Waals surface area contributed by atoms with Crippen LogP contribution in [0.15, 0.2) is 18.2 Å². The maximum Gasteiger partial charge on any atom is 0.293 e. The lowest BCUT2D eigenvalue weighted by atomic mass is 10.0. The molecule has 1 aliphatic rings. The first kappa shape index (κ1) is 17.4. The molecule has 1 aliphatic heterocycles. The summed E-state index contributed by atoms with van der Waals surface area (Å²) in [6.45, 7) is 7.89. The molecule has 0 saturated heterocycles. The van der Waals surface area contributed by atoms with E-state index in [-0.39, 0.29) is 22.2 Å². The first-order valence-corrected chi connectivity index (χ1v) is 7.32. The zero-order valence-electron chi connectivity index (χ0n) is 12.4. The number of benzene rings is 1. The minimum Gasteiger partial charge on any atom is -0.462 e. The van der Waals surface area contributed by atoms with Crippen molar-refractivity contribution in [2.24, 2.45) is 0 Å². The van der Waals surface area contributed by atoms with Crippen molar-refractivity contribution in [3.63, 3.8) is 0 Å². The fourth-order valence-electron chi connectivity index (χ4n) is 1.58. The van der Waals surface area contributed by atoms with Crippen molar-refractivity contribution in [1.29, 1.82) is 0 Å². The number of imide groups is 1. The monoisotopic (exact) mass is 355 g/mol. The summed E-state index contributed by atoms with van der Waals surface area (Å²) >= 11 is 3.41. The van der Waals surface area contributed by atoms with Gasteiger partial charge in [-0.15, -0.1) is 0 Å². The number of fused-ring (bicyclic) bond motifs is 1. The number of rotatable bonds is 2. The van der Waals surface area contributed by atoms with Crippen LogP contribution >= 0.6 is 15.9 Å². The van der Waals surface area contributed by atoms with E-state index in [0.717, 1.165) is 5.56 Å². The predicted octanol–water partition coefficient (Wildman–Crippen LogP) is 2.98. The highest BCUT2D eigenvalue weighted by atomic mass is 79.9. The zero-order valence-corrected chi connectivity index (χ0v) is 14.0. The van der Waals surface area contributed by atoms with Crippen LogP contribution in [-0.4, -0.2) is 23.9 Å². The molecule has 114 valence electrons. The Morgan fingerprint density at radius 3 is 2.19 bits per heavy atom. The summed E-state index contributed by atoms with van der Waals surface area (Å²) in [4.78, 5) is 32.3. The van der Waals surface area contributed by atoms with Gasteiger partial charge in [-0.05, 0) is 45.4 Å². The van der Waals surface area contributed by atoms with Crippen molar-refractivity contribution in [2.45, 2.75) is 38.1 Å². The van der Waals surface area contributed by atoms with Crippen molar-refractivity contribution in [2.75, 3.05) is 0 Å². The molecule has 1 N–H and O–H groups in total. The Morgan fingerprint density at radius 2 is 1.76 bits per heavy atom. The molecule has 6 heteroatoms. The molecule has 2 rings (SSSR count). The van der Waals surface area contributed by atoms with Crippen molar-refractivity contribution < 1.29 is 19.1 Å². The van der Waals surface area contributed by atoms with E-state index in [2.05, 4.69) is 26.0 Å². The number of amides is 2. The van der Waals surface area contributed by atoms with Gasteiger partial charge in [0.05, 0.1) is 11.1 Å². The van der Waals surface area contributed by atoms with Crippen LogP contribution in [0.3, 0.4) is 0 Å². The molecule has 1 atom stereocenters. The zero-order chi connectivity index (χ0) is 16.2. The molecule has 0 spiro atoms. The number of alkyl halides is 1. The summed E-state index contributed by atoms with van der Waals surface area (Å²) in [5.41, 5.74) is 1.61. The number of ether oxygens (including phenoxy) is 1. The number of hydrogen-bond donors (Lipinski definition) is 1. The van der Waals surface area contributed by atoms with Crippen LogP contribution in [0.25, 0.3) is 0 Å². The first-order chi connectivity index (χ1) is 9.65. The van der Waals surface area contributed by atoms with Gasteiger partial charge in [-0.3, -0.25) is 19.7 Å². The Hall–Kier alpha value is -1.69. The highest BCUT2D eigenvalue weighted by Crippen LogP contribution is 2.25. The Kier molecular flexibility index (Phi) is 5.66. The second-order valence-electron chi connectivity index (χ2n) is 5.53. The number of nitrogens with one attached hydrogen (secondary N) is 1. The third-order valence-corrected chi connectivity index (χ3v) is 3.15. The van der Waals surface area contributed by atoms with Crippen molar-refractivity contribution in [3.8, 4) is 0 Å². The van der Waals surface area contributed by atoms with Crippen LogP contribution in [0.2, 0.25) is 0 Å². The van der Waals surface area contributed by atoms with Gasteiger partial charge in [-0.25, -0.2) is 0 Å². The van der Waals surface area contributed by atoms with E-state index in [1.54, 1.807) is 12.1 Å². The van der Waals surface area contributed by atoms with Crippen LogP contribution in [0.1, 0.15) is 58.8 Å². The van der Waals surface area contributed by atoms with E-state index in [9.17, 15) is 14.4 Å². The highest BCUT2D eigenvalue weighted by Gasteiger charge is 2.26. The Morgan fingerprint density at radius 1 is 1.19 bits per heavy atom. The lowest BCUT2D eigenvalue weighted by Crippen LogP contribution is -2.19. The van der Waals surface area contributed by atoms with Gasteiger partial charge in [0.25, 0.3) is 18.3 Å². The maximum absolute atomic E-state index is 11.3. The number of carbonyl (C=O) groups excluding carboxylic acids is 3. The van der Waals surface area contributed by atoms with Crippen molar-refractivity contribution in [1.82, 2.24) is 5.32 Å². The largest absolute Gasteiger partial charge is 0.462 e.